The molecule has 112 valence electrons. The van der Waals surface area contributed by atoms with Crippen molar-refractivity contribution in [2.45, 2.75) is 19.6 Å². The zero-order valence-electron chi connectivity index (χ0n) is 12.3. The van der Waals surface area contributed by atoms with E-state index in [1.807, 2.05) is 11.3 Å². The molecule has 0 unspecified atom stereocenters. The van der Waals surface area contributed by atoms with Crippen LogP contribution in [0.2, 0.25) is 0 Å². The maximum Gasteiger partial charge on any atom is 0.0335 e. The second-order valence-electron chi connectivity index (χ2n) is 5.35. The Balaban J connectivity index is 1.75. The number of hydrogen-bond donors (Lipinski definition) is 0. The highest BCUT2D eigenvalue weighted by Gasteiger charge is 2.09. The summed E-state index contributed by atoms with van der Waals surface area (Å²) in [5.74, 6) is 0. The van der Waals surface area contributed by atoms with E-state index in [0.29, 0.717) is 0 Å². The molecule has 2 aromatic carbocycles. The van der Waals surface area contributed by atoms with Crippen LogP contribution in [0, 0.1) is 0 Å². The van der Waals surface area contributed by atoms with E-state index in [1.165, 1.54) is 20.5 Å². The first kappa shape index (κ1) is 15.5. The SMILES string of the molecule is Brc1csc(CN(Cc2ccccc2)Cc2ccccc2)c1. The van der Waals surface area contributed by atoms with Gasteiger partial charge in [-0.05, 0) is 33.1 Å². The molecule has 1 nitrogen and oxygen atoms in total. The third-order valence-electron chi connectivity index (χ3n) is 3.50. The van der Waals surface area contributed by atoms with Crippen molar-refractivity contribution in [3.05, 3.63) is 92.6 Å². The topological polar surface area (TPSA) is 3.24 Å². The Bertz CT molecular complexity index is 652. The summed E-state index contributed by atoms with van der Waals surface area (Å²) in [6.07, 6.45) is 0. The molecule has 0 saturated heterocycles. The average Bonchev–Trinajstić information content (AvgIpc) is 2.94. The highest BCUT2D eigenvalue weighted by molar-refractivity contribution is 9.10. The Hall–Kier alpha value is -1.42. The van der Waals surface area contributed by atoms with Gasteiger partial charge in [0.05, 0.1) is 0 Å². The molecule has 0 N–H and O–H groups in total. The van der Waals surface area contributed by atoms with E-state index in [9.17, 15) is 0 Å². The summed E-state index contributed by atoms with van der Waals surface area (Å²) in [5.41, 5.74) is 2.71. The summed E-state index contributed by atoms with van der Waals surface area (Å²) >= 11 is 5.36. The summed E-state index contributed by atoms with van der Waals surface area (Å²) in [6, 6.07) is 23.6. The lowest BCUT2D eigenvalue weighted by Crippen LogP contribution is -2.21. The molecule has 0 aliphatic heterocycles. The summed E-state index contributed by atoms with van der Waals surface area (Å²) in [7, 11) is 0. The molecular weight excluding hydrogens is 354 g/mol. The molecule has 0 saturated carbocycles. The Labute approximate surface area is 144 Å². The maximum absolute atomic E-state index is 3.55. The second-order valence-corrected chi connectivity index (χ2v) is 7.26. The fourth-order valence-corrected chi connectivity index (χ4v) is 4.00. The van der Waals surface area contributed by atoms with Gasteiger partial charge in [-0.15, -0.1) is 11.3 Å². The first-order valence-corrected chi connectivity index (χ1v) is 9.00. The van der Waals surface area contributed by atoms with Crippen LogP contribution >= 0.6 is 27.3 Å². The van der Waals surface area contributed by atoms with Gasteiger partial charge in [-0.2, -0.15) is 0 Å². The van der Waals surface area contributed by atoms with Crippen molar-refractivity contribution in [2.75, 3.05) is 0 Å². The molecule has 0 aliphatic rings. The minimum atomic E-state index is 0.964. The molecule has 3 heteroatoms. The highest BCUT2D eigenvalue weighted by Crippen LogP contribution is 2.23. The van der Waals surface area contributed by atoms with Crippen molar-refractivity contribution < 1.29 is 0 Å². The molecule has 0 aliphatic carbocycles. The van der Waals surface area contributed by atoms with Crippen molar-refractivity contribution in [3.8, 4) is 0 Å². The summed E-state index contributed by atoms with van der Waals surface area (Å²) in [4.78, 5) is 3.88. The van der Waals surface area contributed by atoms with Gasteiger partial charge in [0.25, 0.3) is 0 Å². The Morgan fingerprint density at radius 2 is 1.32 bits per heavy atom. The van der Waals surface area contributed by atoms with Gasteiger partial charge >= 0.3 is 0 Å². The first-order chi connectivity index (χ1) is 10.8. The van der Waals surface area contributed by atoms with Crippen LogP contribution in [0.4, 0.5) is 0 Å². The molecule has 3 rings (SSSR count). The standard InChI is InChI=1S/C19H18BrNS/c20-18-11-19(22-15-18)14-21(12-16-7-3-1-4-8-16)13-17-9-5-2-6-10-17/h1-11,15H,12-14H2. The van der Waals surface area contributed by atoms with Crippen LogP contribution in [-0.2, 0) is 19.6 Å². The highest BCUT2D eigenvalue weighted by atomic mass is 79.9. The predicted octanol–water partition coefficient (Wildman–Crippen LogP) is 5.71. The third-order valence-corrected chi connectivity index (χ3v) is 5.18. The summed E-state index contributed by atoms with van der Waals surface area (Å²) in [5, 5.41) is 2.15. The monoisotopic (exact) mass is 371 g/mol. The fourth-order valence-electron chi connectivity index (χ4n) is 2.51. The van der Waals surface area contributed by atoms with Crippen LogP contribution in [0.15, 0.2) is 76.6 Å². The van der Waals surface area contributed by atoms with Crippen LogP contribution in [0.3, 0.4) is 0 Å². The largest absolute Gasteiger partial charge is 0.290 e. The molecule has 0 fully saturated rings. The number of thiophene rings is 1. The Kier molecular flexibility index (Phi) is 5.43. The molecule has 1 aromatic heterocycles. The van der Waals surface area contributed by atoms with Gasteiger partial charge in [0.2, 0.25) is 0 Å². The Morgan fingerprint density at radius 1 is 0.773 bits per heavy atom. The van der Waals surface area contributed by atoms with Crippen LogP contribution in [0.5, 0.6) is 0 Å². The zero-order valence-corrected chi connectivity index (χ0v) is 14.7. The van der Waals surface area contributed by atoms with Crippen molar-refractivity contribution in [3.63, 3.8) is 0 Å². The van der Waals surface area contributed by atoms with Gasteiger partial charge in [-0.25, -0.2) is 0 Å². The van der Waals surface area contributed by atoms with E-state index in [1.54, 1.807) is 0 Å². The molecule has 0 spiro atoms. The van der Waals surface area contributed by atoms with Gasteiger partial charge in [0.15, 0.2) is 0 Å². The van der Waals surface area contributed by atoms with Crippen molar-refractivity contribution >= 4 is 27.3 Å². The third kappa shape index (κ3) is 4.54. The number of benzene rings is 2. The van der Waals surface area contributed by atoms with Gasteiger partial charge in [0, 0.05) is 34.4 Å². The quantitative estimate of drug-likeness (QED) is 0.535. The molecular formula is C19H18BrNS. The van der Waals surface area contributed by atoms with E-state index in [2.05, 4.69) is 92.9 Å². The molecule has 22 heavy (non-hydrogen) atoms. The summed E-state index contributed by atoms with van der Waals surface area (Å²) < 4.78 is 1.17. The van der Waals surface area contributed by atoms with E-state index >= 15 is 0 Å². The lowest BCUT2D eigenvalue weighted by molar-refractivity contribution is 0.250. The van der Waals surface area contributed by atoms with Crippen molar-refractivity contribution in [2.24, 2.45) is 0 Å². The molecule has 0 bridgehead atoms. The van der Waals surface area contributed by atoms with E-state index in [-0.39, 0.29) is 0 Å². The minimum Gasteiger partial charge on any atom is -0.290 e. The van der Waals surface area contributed by atoms with Crippen molar-refractivity contribution in [1.82, 2.24) is 4.90 Å². The number of hydrogen-bond acceptors (Lipinski definition) is 2. The maximum atomic E-state index is 3.55. The normalized spacial score (nSPS) is 11.0. The van der Waals surface area contributed by atoms with E-state index in [0.717, 1.165) is 19.6 Å². The zero-order chi connectivity index (χ0) is 15.2. The van der Waals surface area contributed by atoms with Gasteiger partial charge in [-0.1, -0.05) is 60.7 Å². The summed E-state index contributed by atoms with van der Waals surface area (Å²) in [6.45, 7) is 2.90. The Morgan fingerprint density at radius 3 is 1.77 bits per heavy atom. The first-order valence-electron chi connectivity index (χ1n) is 7.33. The van der Waals surface area contributed by atoms with Crippen LogP contribution in [0.25, 0.3) is 0 Å². The fraction of sp³-hybridized carbons (Fsp3) is 0.158. The lowest BCUT2D eigenvalue weighted by atomic mass is 10.1. The predicted molar refractivity (Wildman–Crippen MR) is 97.9 cm³/mol. The van der Waals surface area contributed by atoms with Gasteiger partial charge in [0.1, 0.15) is 0 Å². The number of rotatable bonds is 6. The second kappa shape index (κ2) is 7.73. The number of halogens is 1. The number of nitrogens with zero attached hydrogens (tertiary/aromatic N) is 1. The molecule has 0 radical (unpaired) electrons. The van der Waals surface area contributed by atoms with Crippen LogP contribution in [0.1, 0.15) is 16.0 Å². The lowest BCUT2D eigenvalue weighted by Gasteiger charge is -2.22. The van der Waals surface area contributed by atoms with Crippen molar-refractivity contribution in [1.29, 1.82) is 0 Å². The smallest absolute Gasteiger partial charge is 0.0335 e. The molecule has 3 aromatic rings. The van der Waals surface area contributed by atoms with Crippen LogP contribution < -0.4 is 0 Å². The molecule has 0 atom stereocenters. The minimum absolute atomic E-state index is 0.964. The van der Waals surface area contributed by atoms with Gasteiger partial charge in [-0.3, -0.25) is 4.90 Å². The van der Waals surface area contributed by atoms with E-state index < -0.39 is 0 Å². The average molecular weight is 372 g/mol. The molecule has 1 heterocycles. The van der Waals surface area contributed by atoms with E-state index in [4.69, 9.17) is 0 Å². The van der Waals surface area contributed by atoms with Crippen LogP contribution in [-0.4, -0.2) is 4.90 Å². The molecule has 0 amide bonds. The van der Waals surface area contributed by atoms with Gasteiger partial charge < -0.3 is 0 Å².